The lowest BCUT2D eigenvalue weighted by Gasteiger charge is -2.39. The highest BCUT2D eigenvalue weighted by atomic mass is 16.5. The van der Waals surface area contributed by atoms with Crippen molar-refractivity contribution in [2.75, 3.05) is 46.4 Å². The van der Waals surface area contributed by atoms with E-state index in [9.17, 15) is 4.79 Å². The van der Waals surface area contributed by atoms with Gasteiger partial charge in [-0.15, -0.1) is 0 Å². The van der Waals surface area contributed by atoms with Gasteiger partial charge >= 0.3 is 5.97 Å². The first-order chi connectivity index (χ1) is 9.12. The van der Waals surface area contributed by atoms with Crippen LogP contribution in [0.2, 0.25) is 0 Å². The second-order valence-corrected chi connectivity index (χ2v) is 5.16. The molecule has 1 saturated heterocycles. The zero-order valence-electron chi connectivity index (χ0n) is 12.8. The number of esters is 1. The number of hydrogen-bond acceptors (Lipinski definition) is 5. The molecule has 0 bridgehead atoms. The van der Waals surface area contributed by atoms with Crippen molar-refractivity contribution in [2.24, 2.45) is 0 Å². The van der Waals surface area contributed by atoms with Crippen LogP contribution in [0.25, 0.3) is 0 Å². The fraction of sp³-hybridized carbons (Fsp3) is 0.929. The number of nitrogens with zero attached hydrogens (tertiary/aromatic N) is 2. The van der Waals surface area contributed by atoms with Crippen LogP contribution in [0.4, 0.5) is 0 Å². The van der Waals surface area contributed by atoms with E-state index in [0.29, 0.717) is 12.6 Å². The maximum Gasteiger partial charge on any atom is 0.323 e. The van der Waals surface area contributed by atoms with Crippen LogP contribution in [-0.4, -0.2) is 74.2 Å². The van der Waals surface area contributed by atoms with Gasteiger partial charge < -0.3 is 15.0 Å². The largest absolute Gasteiger partial charge is 0.465 e. The molecular weight excluding hydrogens is 242 g/mol. The Morgan fingerprint density at radius 1 is 1.42 bits per heavy atom. The Morgan fingerprint density at radius 3 is 2.68 bits per heavy atom. The third kappa shape index (κ3) is 5.09. The van der Waals surface area contributed by atoms with Gasteiger partial charge in [0, 0.05) is 32.2 Å². The number of rotatable bonds is 7. The monoisotopic (exact) mass is 271 g/mol. The Morgan fingerprint density at radius 2 is 2.16 bits per heavy atom. The van der Waals surface area contributed by atoms with E-state index >= 15 is 0 Å². The summed E-state index contributed by atoms with van der Waals surface area (Å²) in [6.45, 7) is 12.2. The minimum absolute atomic E-state index is 0.134. The molecule has 112 valence electrons. The van der Waals surface area contributed by atoms with Crippen molar-refractivity contribution in [3.63, 3.8) is 0 Å². The molecule has 0 aromatic rings. The fourth-order valence-electron chi connectivity index (χ4n) is 2.68. The Labute approximate surface area is 117 Å². The van der Waals surface area contributed by atoms with Crippen LogP contribution >= 0.6 is 0 Å². The summed E-state index contributed by atoms with van der Waals surface area (Å²) in [5.74, 6) is -0.134. The second-order valence-electron chi connectivity index (χ2n) is 5.16. The lowest BCUT2D eigenvalue weighted by Crippen LogP contribution is -2.52. The number of hydrogen-bond donors (Lipinski definition) is 1. The molecule has 0 aromatic carbocycles. The maximum absolute atomic E-state index is 11.7. The summed E-state index contributed by atoms with van der Waals surface area (Å²) >= 11 is 0. The molecule has 2 atom stereocenters. The van der Waals surface area contributed by atoms with Gasteiger partial charge in [-0.05, 0) is 33.9 Å². The van der Waals surface area contributed by atoms with Crippen molar-refractivity contribution in [1.29, 1.82) is 0 Å². The van der Waals surface area contributed by atoms with Crippen LogP contribution in [0.3, 0.4) is 0 Å². The lowest BCUT2D eigenvalue weighted by molar-refractivity contribution is -0.145. The molecule has 5 nitrogen and oxygen atoms in total. The van der Waals surface area contributed by atoms with E-state index in [0.717, 1.165) is 39.1 Å². The molecule has 1 heterocycles. The van der Waals surface area contributed by atoms with Gasteiger partial charge in [0.15, 0.2) is 0 Å². The van der Waals surface area contributed by atoms with Gasteiger partial charge in [0.1, 0.15) is 6.04 Å². The standard InChI is InChI=1S/C14H29N3O2/c1-5-17-10-9-16(11-12(17)3)8-7-13(15-4)14(18)19-6-2/h12-13,15H,5-11H2,1-4H3. The van der Waals surface area contributed by atoms with Crippen molar-refractivity contribution in [2.45, 2.75) is 39.3 Å². The first-order valence-electron chi connectivity index (χ1n) is 7.42. The number of nitrogens with one attached hydrogen (secondary N) is 1. The van der Waals surface area contributed by atoms with Crippen LogP contribution in [0.5, 0.6) is 0 Å². The zero-order chi connectivity index (χ0) is 14.3. The molecule has 0 radical (unpaired) electrons. The number of carbonyl (C=O) groups is 1. The van der Waals surface area contributed by atoms with Crippen LogP contribution < -0.4 is 5.32 Å². The molecule has 1 aliphatic rings. The molecular formula is C14H29N3O2. The topological polar surface area (TPSA) is 44.8 Å². The van der Waals surface area contributed by atoms with Crippen molar-refractivity contribution >= 4 is 5.97 Å². The summed E-state index contributed by atoms with van der Waals surface area (Å²) in [6, 6.07) is 0.425. The minimum atomic E-state index is -0.181. The van der Waals surface area contributed by atoms with Crippen molar-refractivity contribution in [3.05, 3.63) is 0 Å². The van der Waals surface area contributed by atoms with Gasteiger partial charge in [0.2, 0.25) is 0 Å². The summed E-state index contributed by atoms with van der Waals surface area (Å²) in [5, 5.41) is 3.05. The molecule has 0 aliphatic carbocycles. The molecule has 1 fully saturated rings. The predicted molar refractivity (Wildman–Crippen MR) is 77.2 cm³/mol. The van der Waals surface area contributed by atoms with Gasteiger partial charge in [-0.2, -0.15) is 0 Å². The minimum Gasteiger partial charge on any atom is -0.465 e. The number of likely N-dealkylation sites (N-methyl/N-ethyl adjacent to an activating group) is 2. The summed E-state index contributed by atoms with van der Waals surface area (Å²) in [6.07, 6.45) is 0.814. The SMILES string of the molecule is CCOC(=O)C(CCN1CCN(CC)C(C)C1)NC. The third-order valence-corrected chi connectivity index (χ3v) is 3.91. The Bertz CT molecular complexity index is 273. The van der Waals surface area contributed by atoms with Crippen molar-refractivity contribution in [3.8, 4) is 0 Å². The van der Waals surface area contributed by atoms with Gasteiger partial charge in [-0.25, -0.2) is 0 Å². The zero-order valence-corrected chi connectivity index (χ0v) is 12.8. The van der Waals surface area contributed by atoms with E-state index in [4.69, 9.17) is 4.74 Å². The van der Waals surface area contributed by atoms with E-state index < -0.39 is 0 Å². The van der Waals surface area contributed by atoms with Gasteiger partial charge in [-0.1, -0.05) is 6.92 Å². The molecule has 0 spiro atoms. The van der Waals surface area contributed by atoms with Crippen molar-refractivity contribution < 1.29 is 9.53 Å². The molecule has 1 rings (SSSR count). The number of piperazine rings is 1. The molecule has 5 heteroatoms. The number of ether oxygens (including phenoxy) is 1. The van der Waals surface area contributed by atoms with Crippen LogP contribution in [0.1, 0.15) is 27.2 Å². The van der Waals surface area contributed by atoms with E-state index in [2.05, 4.69) is 29.0 Å². The summed E-state index contributed by atoms with van der Waals surface area (Å²) in [4.78, 5) is 16.6. The molecule has 0 saturated carbocycles. The van der Waals surface area contributed by atoms with E-state index in [1.807, 2.05) is 14.0 Å². The first kappa shape index (κ1) is 16.4. The molecule has 0 amide bonds. The Kier molecular flexibility index (Phi) is 7.34. The molecule has 1 aliphatic heterocycles. The van der Waals surface area contributed by atoms with Gasteiger partial charge in [0.25, 0.3) is 0 Å². The second kappa shape index (κ2) is 8.51. The highest BCUT2D eigenvalue weighted by molar-refractivity contribution is 5.75. The summed E-state index contributed by atoms with van der Waals surface area (Å²) in [5.41, 5.74) is 0. The van der Waals surface area contributed by atoms with E-state index in [1.165, 1.54) is 0 Å². The molecule has 1 N–H and O–H groups in total. The average molecular weight is 271 g/mol. The fourth-order valence-corrected chi connectivity index (χ4v) is 2.68. The van der Waals surface area contributed by atoms with Crippen LogP contribution in [0, 0.1) is 0 Å². The van der Waals surface area contributed by atoms with Gasteiger partial charge in [-0.3, -0.25) is 9.69 Å². The highest BCUT2D eigenvalue weighted by Crippen LogP contribution is 2.10. The quantitative estimate of drug-likeness (QED) is 0.685. The van der Waals surface area contributed by atoms with Gasteiger partial charge in [0.05, 0.1) is 6.61 Å². The molecule has 0 aromatic heterocycles. The summed E-state index contributed by atoms with van der Waals surface area (Å²) < 4.78 is 5.06. The van der Waals surface area contributed by atoms with E-state index in [-0.39, 0.29) is 12.0 Å². The smallest absolute Gasteiger partial charge is 0.323 e. The summed E-state index contributed by atoms with van der Waals surface area (Å²) in [7, 11) is 1.82. The number of carbonyl (C=O) groups excluding carboxylic acids is 1. The predicted octanol–water partition coefficient (Wildman–Crippen LogP) is 0.554. The van der Waals surface area contributed by atoms with Crippen LogP contribution in [0.15, 0.2) is 0 Å². The average Bonchev–Trinajstić information content (AvgIpc) is 2.40. The molecule has 2 unspecified atom stereocenters. The lowest BCUT2D eigenvalue weighted by atomic mass is 10.1. The molecule has 19 heavy (non-hydrogen) atoms. The van der Waals surface area contributed by atoms with Crippen molar-refractivity contribution in [1.82, 2.24) is 15.1 Å². The maximum atomic E-state index is 11.7. The van der Waals surface area contributed by atoms with Crippen LogP contribution in [-0.2, 0) is 9.53 Å². The third-order valence-electron chi connectivity index (χ3n) is 3.91. The Hall–Kier alpha value is -0.650. The van der Waals surface area contributed by atoms with E-state index in [1.54, 1.807) is 0 Å². The Balaban J connectivity index is 2.33. The highest BCUT2D eigenvalue weighted by Gasteiger charge is 2.24. The normalized spacial score (nSPS) is 23.3. The first-order valence-corrected chi connectivity index (χ1v) is 7.42.